The van der Waals surface area contributed by atoms with E-state index in [1.807, 2.05) is 0 Å². The van der Waals surface area contributed by atoms with Gasteiger partial charge in [0.25, 0.3) is 0 Å². The third kappa shape index (κ3) is 4.51. The largest absolute Gasteiger partial charge is 0.343 e. The van der Waals surface area contributed by atoms with Gasteiger partial charge in [-0.25, -0.2) is 0 Å². The van der Waals surface area contributed by atoms with Crippen LogP contribution in [0.5, 0.6) is 0 Å². The van der Waals surface area contributed by atoms with Crippen LogP contribution in [0.25, 0.3) is 5.70 Å². The second-order valence-corrected chi connectivity index (χ2v) is 11.6. The summed E-state index contributed by atoms with van der Waals surface area (Å²) in [6.45, 7) is 27.0. The maximum absolute atomic E-state index is 4.35. The molecule has 0 spiro atoms. The Morgan fingerprint density at radius 3 is 2.30 bits per heavy atom. The fourth-order valence-electron chi connectivity index (χ4n) is 4.72. The third-order valence-corrected chi connectivity index (χ3v) is 6.64. The Labute approximate surface area is 185 Å². The van der Waals surface area contributed by atoms with Crippen LogP contribution in [0, 0.1) is 10.8 Å². The summed E-state index contributed by atoms with van der Waals surface area (Å²) in [6.07, 6.45) is 9.13. The standard InChI is InChI=1S/C29H41N/c1-11-21-16-24-23(15-22(21)12-13-28(5,6)7)17-27(29(8,9)10)30-18-25(19(2)3)20(4)14-26(24)30/h14-16,18,27H,2,4,11-13,17H2,1,3,5-10H3. The molecule has 2 heterocycles. The summed E-state index contributed by atoms with van der Waals surface area (Å²) in [6, 6.07) is 5.41. The van der Waals surface area contributed by atoms with Crippen molar-refractivity contribution in [3.63, 3.8) is 0 Å². The third-order valence-electron chi connectivity index (χ3n) is 6.64. The fourth-order valence-corrected chi connectivity index (χ4v) is 4.72. The summed E-state index contributed by atoms with van der Waals surface area (Å²) in [7, 11) is 0. The van der Waals surface area contributed by atoms with Crippen molar-refractivity contribution in [1.82, 2.24) is 4.90 Å². The van der Waals surface area contributed by atoms with Crippen molar-refractivity contribution in [2.24, 2.45) is 10.8 Å². The molecule has 1 aromatic rings. The second-order valence-electron chi connectivity index (χ2n) is 11.6. The van der Waals surface area contributed by atoms with Gasteiger partial charge in [0, 0.05) is 23.5 Å². The Morgan fingerprint density at radius 1 is 1.10 bits per heavy atom. The van der Waals surface area contributed by atoms with Gasteiger partial charge >= 0.3 is 0 Å². The predicted octanol–water partition coefficient (Wildman–Crippen LogP) is 7.87. The highest BCUT2D eigenvalue weighted by atomic mass is 15.2. The van der Waals surface area contributed by atoms with Gasteiger partial charge < -0.3 is 4.90 Å². The van der Waals surface area contributed by atoms with Gasteiger partial charge in [-0.1, -0.05) is 67.7 Å². The van der Waals surface area contributed by atoms with Gasteiger partial charge in [0.1, 0.15) is 0 Å². The van der Waals surface area contributed by atoms with E-state index in [1.165, 1.54) is 34.4 Å². The van der Waals surface area contributed by atoms with E-state index in [4.69, 9.17) is 0 Å². The SMILES string of the molecule is C=C(C)C1=CN2C(=CC1=C)c1cc(CC)c(CCC(C)(C)C)cc1CC2C(C)(C)C. The zero-order valence-corrected chi connectivity index (χ0v) is 20.6. The number of aryl methyl sites for hydroxylation is 2. The summed E-state index contributed by atoms with van der Waals surface area (Å²) in [5.41, 5.74) is 11.1. The maximum Gasteiger partial charge on any atom is 0.0491 e. The molecule has 1 unspecified atom stereocenters. The Kier molecular flexibility index (Phi) is 5.98. The lowest BCUT2D eigenvalue weighted by molar-refractivity contribution is 0.189. The van der Waals surface area contributed by atoms with Gasteiger partial charge in [-0.2, -0.15) is 0 Å². The van der Waals surface area contributed by atoms with Crippen molar-refractivity contribution in [2.75, 3.05) is 0 Å². The lowest BCUT2D eigenvalue weighted by Crippen LogP contribution is -2.45. The number of allylic oxidation sites excluding steroid dienone is 4. The molecule has 2 aliphatic rings. The molecule has 1 nitrogen and oxygen atoms in total. The monoisotopic (exact) mass is 403 g/mol. The van der Waals surface area contributed by atoms with E-state index < -0.39 is 0 Å². The Morgan fingerprint density at radius 2 is 1.77 bits per heavy atom. The van der Waals surface area contributed by atoms with Crippen LogP contribution in [0.15, 0.2) is 54.3 Å². The van der Waals surface area contributed by atoms with Crippen LogP contribution in [0.1, 0.15) is 84.1 Å². The first-order valence-corrected chi connectivity index (χ1v) is 11.5. The molecule has 2 aliphatic heterocycles. The number of hydrogen-bond donors (Lipinski definition) is 0. The predicted molar refractivity (Wildman–Crippen MR) is 132 cm³/mol. The van der Waals surface area contributed by atoms with Crippen molar-refractivity contribution in [1.29, 1.82) is 0 Å². The smallest absolute Gasteiger partial charge is 0.0491 e. The molecule has 3 rings (SSSR count). The number of nitrogens with zero attached hydrogens (tertiary/aromatic N) is 1. The molecular weight excluding hydrogens is 362 g/mol. The number of fused-ring (bicyclic) bond motifs is 3. The lowest BCUT2D eigenvalue weighted by Gasteiger charge is -2.47. The van der Waals surface area contributed by atoms with Crippen LogP contribution in [-0.2, 0) is 19.3 Å². The van der Waals surface area contributed by atoms with Crippen LogP contribution in [-0.4, -0.2) is 10.9 Å². The molecule has 1 atom stereocenters. The average Bonchev–Trinajstić information content (AvgIpc) is 2.62. The molecule has 0 radical (unpaired) electrons. The molecule has 30 heavy (non-hydrogen) atoms. The first-order chi connectivity index (χ1) is 13.8. The highest BCUT2D eigenvalue weighted by Crippen LogP contribution is 2.44. The minimum atomic E-state index is 0.168. The molecule has 0 aliphatic carbocycles. The van der Waals surface area contributed by atoms with Crippen molar-refractivity contribution >= 4 is 5.70 Å². The summed E-state index contributed by atoms with van der Waals surface area (Å²) in [5, 5.41) is 0. The normalized spacial score (nSPS) is 19.1. The van der Waals surface area contributed by atoms with Gasteiger partial charge in [-0.15, -0.1) is 0 Å². The van der Waals surface area contributed by atoms with E-state index in [0.717, 1.165) is 30.4 Å². The van der Waals surface area contributed by atoms with Gasteiger partial charge in [0.2, 0.25) is 0 Å². The highest BCUT2D eigenvalue weighted by molar-refractivity contribution is 5.77. The topological polar surface area (TPSA) is 3.24 Å². The molecular formula is C29H41N. The zero-order valence-electron chi connectivity index (χ0n) is 20.6. The first-order valence-electron chi connectivity index (χ1n) is 11.5. The van der Waals surface area contributed by atoms with Gasteiger partial charge in [-0.3, -0.25) is 0 Å². The molecule has 0 aromatic heterocycles. The van der Waals surface area contributed by atoms with E-state index in [2.05, 4.69) is 97.9 Å². The number of benzene rings is 1. The van der Waals surface area contributed by atoms with E-state index in [-0.39, 0.29) is 5.41 Å². The minimum Gasteiger partial charge on any atom is -0.343 e. The van der Waals surface area contributed by atoms with Crippen LogP contribution in [0.3, 0.4) is 0 Å². The molecule has 0 fully saturated rings. The number of hydrogen-bond acceptors (Lipinski definition) is 1. The van der Waals surface area contributed by atoms with Crippen LogP contribution in [0.2, 0.25) is 0 Å². The quantitative estimate of drug-likeness (QED) is 0.494. The maximum atomic E-state index is 4.35. The number of rotatable bonds is 4. The van der Waals surface area contributed by atoms with Crippen LogP contribution in [0.4, 0.5) is 0 Å². The average molecular weight is 404 g/mol. The van der Waals surface area contributed by atoms with Crippen molar-refractivity contribution in [3.05, 3.63) is 76.5 Å². The van der Waals surface area contributed by atoms with Crippen molar-refractivity contribution < 1.29 is 0 Å². The van der Waals surface area contributed by atoms with E-state index in [9.17, 15) is 0 Å². The summed E-state index contributed by atoms with van der Waals surface area (Å²) in [5.74, 6) is 0. The Hall–Kier alpha value is -2.02. The van der Waals surface area contributed by atoms with Crippen LogP contribution < -0.4 is 0 Å². The summed E-state index contributed by atoms with van der Waals surface area (Å²) < 4.78 is 0. The molecule has 0 saturated carbocycles. The van der Waals surface area contributed by atoms with E-state index in [1.54, 1.807) is 5.56 Å². The molecule has 0 bridgehead atoms. The van der Waals surface area contributed by atoms with Gasteiger partial charge in [0.05, 0.1) is 0 Å². The lowest BCUT2D eigenvalue weighted by atomic mass is 9.75. The first kappa shape index (κ1) is 22.7. The van der Waals surface area contributed by atoms with Gasteiger partial charge in [-0.05, 0) is 89.0 Å². The second kappa shape index (κ2) is 7.91. The van der Waals surface area contributed by atoms with Crippen molar-refractivity contribution in [3.8, 4) is 0 Å². The molecule has 1 aromatic carbocycles. The van der Waals surface area contributed by atoms with E-state index >= 15 is 0 Å². The minimum absolute atomic E-state index is 0.168. The Bertz CT molecular complexity index is 924. The zero-order chi connectivity index (χ0) is 22.4. The highest BCUT2D eigenvalue weighted by Gasteiger charge is 2.38. The summed E-state index contributed by atoms with van der Waals surface area (Å²) >= 11 is 0. The molecule has 1 heteroatoms. The molecule has 0 saturated heterocycles. The molecule has 0 amide bonds. The molecule has 0 N–H and O–H groups in total. The Balaban J connectivity index is 2.13. The fraction of sp³-hybridized carbons (Fsp3) is 0.517. The molecule has 162 valence electrons. The van der Waals surface area contributed by atoms with Gasteiger partial charge in [0.15, 0.2) is 0 Å². The summed E-state index contributed by atoms with van der Waals surface area (Å²) in [4.78, 5) is 2.51. The van der Waals surface area contributed by atoms with Crippen molar-refractivity contribution in [2.45, 2.75) is 87.1 Å². The van der Waals surface area contributed by atoms with E-state index in [0.29, 0.717) is 11.5 Å². The van der Waals surface area contributed by atoms with Crippen LogP contribution >= 0.6 is 0 Å².